The molecule has 1 heterocycles. The molecule has 16 heavy (non-hydrogen) atoms. The summed E-state index contributed by atoms with van der Waals surface area (Å²) in [5, 5.41) is 3.42. The van der Waals surface area contributed by atoms with Gasteiger partial charge in [-0.25, -0.2) is 0 Å². The molecule has 1 saturated heterocycles. The number of hydrogen-bond acceptors (Lipinski definition) is 2. The van der Waals surface area contributed by atoms with Crippen LogP contribution >= 0.6 is 0 Å². The predicted molar refractivity (Wildman–Crippen MR) is 68.7 cm³/mol. The van der Waals surface area contributed by atoms with Gasteiger partial charge in [0.05, 0.1) is 0 Å². The Morgan fingerprint density at radius 2 is 2.19 bits per heavy atom. The Morgan fingerprint density at radius 1 is 1.38 bits per heavy atom. The van der Waals surface area contributed by atoms with Gasteiger partial charge in [-0.2, -0.15) is 0 Å². The third kappa shape index (κ3) is 2.63. The zero-order chi connectivity index (χ0) is 11.5. The van der Waals surface area contributed by atoms with E-state index in [4.69, 9.17) is 0 Å². The monoisotopic (exact) mass is 218 g/mol. The van der Waals surface area contributed by atoms with Crippen molar-refractivity contribution in [3.8, 4) is 0 Å². The van der Waals surface area contributed by atoms with Crippen LogP contribution in [0.2, 0.25) is 0 Å². The lowest BCUT2D eigenvalue weighted by Gasteiger charge is -2.24. The molecule has 0 spiro atoms. The maximum atomic E-state index is 3.42. The van der Waals surface area contributed by atoms with Gasteiger partial charge in [0.15, 0.2) is 0 Å². The van der Waals surface area contributed by atoms with E-state index in [1.54, 1.807) is 0 Å². The molecule has 1 aliphatic heterocycles. The number of nitrogens with zero attached hydrogens (tertiary/aromatic N) is 1. The zero-order valence-corrected chi connectivity index (χ0v) is 10.6. The Bertz CT molecular complexity index is 354. The fraction of sp³-hybridized carbons (Fsp3) is 0.571. The molecule has 0 saturated carbocycles. The number of aryl methyl sites for hydroxylation is 2. The lowest BCUT2D eigenvalue weighted by Crippen LogP contribution is -2.33. The zero-order valence-electron chi connectivity index (χ0n) is 10.6. The molecule has 1 aromatic rings. The molecule has 1 fully saturated rings. The number of hydrogen-bond donors (Lipinski definition) is 1. The normalized spacial score (nSPS) is 20.6. The topological polar surface area (TPSA) is 15.3 Å². The first-order chi connectivity index (χ1) is 7.66. The lowest BCUT2D eigenvalue weighted by atomic mass is 10.0. The third-order valence-corrected chi connectivity index (χ3v) is 3.58. The Morgan fingerprint density at radius 3 is 2.88 bits per heavy atom. The lowest BCUT2D eigenvalue weighted by molar-refractivity contribution is 0.248. The average molecular weight is 218 g/mol. The highest BCUT2D eigenvalue weighted by molar-refractivity contribution is 5.30. The van der Waals surface area contributed by atoms with Crippen molar-refractivity contribution in [2.24, 2.45) is 0 Å². The van der Waals surface area contributed by atoms with Crippen molar-refractivity contribution in [3.05, 3.63) is 34.9 Å². The van der Waals surface area contributed by atoms with Crippen molar-refractivity contribution in [1.29, 1.82) is 0 Å². The van der Waals surface area contributed by atoms with Gasteiger partial charge in [0.2, 0.25) is 0 Å². The fourth-order valence-corrected chi connectivity index (χ4v) is 2.38. The molecule has 1 unspecified atom stereocenters. The minimum Gasteiger partial charge on any atom is -0.315 e. The molecule has 0 aromatic heterocycles. The number of rotatable bonds is 3. The van der Waals surface area contributed by atoms with Crippen LogP contribution in [0.4, 0.5) is 0 Å². The molecule has 2 rings (SSSR count). The van der Waals surface area contributed by atoms with E-state index in [-0.39, 0.29) is 0 Å². The van der Waals surface area contributed by atoms with Crippen LogP contribution in [-0.4, -0.2) is 31.1 Å². The summed E-state index contributed by atoms with van der Waals surface area (Å²) in [5.74, 6) is 0. The van der Waals surface area contributed by atoms with Gasteiger partial charge >= 0.3 is 0 Å². The summed E-state index contributed by atoms with van der Waals surface area (Å²) in [7, 11) is 2.24. The number of nitrogens with one attached hydrogen (secondary N) is 1. The third-order valence-electron chi connectivity index (χ3n) is 3.58. The summed E-state index contributed by atoms with van der Waals surface area (Å²) >= 11 is 0. The molecule has 1 aliphatic rings. The quantitative estimate of drug-likeness (QED) is 0.836. The van der Waals surface area contributed by atoms with E-state index in [1.165, 1.54) is 29.7 Å². The van der Waals surface area contributed by atoms with Crippen molar-refractivity contribution in [2.45, 2.75) is 32.9 Å². The van der Waals surface area contributed by atoms with Gasteiger partial charge in [0.1, 0.15) is 0 Å². The minimum absolute atomic E-state index is 0.708. The maximum absolute atomic E-state index is 3.42. The van der Waals surface area contributed by atoms with Gasteiger partial charge in [-0.15, -0.1) is 0 Å². The highest BCUT2D eigenvalue weighted by Crippen LogP contribution is 2.15. The summed E-state index contributed by atoms with van der Waals surface area (Å²) < 4.78 is 0. The van der Waals surface area contributed by atoms with Crippen LogP contribution in [0.5, 0.6) is 0 Å². The molecule has 0 radical (unpaired) electrons. The van der Waals surface area contributed by atoms with Crippen LogP contribution in [0, 0.1) is 13.8 Å². The maximum Gasteiger partial charge on any atom is 0.0236 e. The van der Waals surface area contributed by atoms with Crippen LogP contribution in [0.25, 0.3) is 0 Å². The van der Waals surface area contributed by atoms with Crippen molar-refractivity contribution >= 4 is 0 Å². The number of benzene rings is 1. The Hall–Kier alpha value is -0.860. The first kappa shape index (κ1) is 11.6. The fourth-order valence-electron chi connectivity index (χ4n) is 2.38. The summed E-state index contributed by atoms with van der Waals surface area (Å²) in [5.41, 5.74) is 4.23. The van der Waals surface area contributed by atoms with Crippen molar-refractivity contribution in [2.75, 3.05) is 20.1 Å². The van der Waals surface area contributed by atoms with E-state index in [1.807, 2.05) is 0 Å². The summed E-state index contributed by atoms with van der Waals surface area (Å²) in [6.45, 7) is 7.75. The Labute approximate surface area is 98.7 Å². The molecule has 88 valence electrons. The van der Waals surface area contributed by atoms with Crippen LogP contribution < -0.4 is 5.32 Å². The van der Waals surface area contributed by atoms with E-state index < -0.39 is 0 Å². The van der Waals surface area contributed by atoms with Gasteiger partial charge in [-0.3, -0.25) is 4.90 Å². The van der Waals surface area contributed by atoms with Crippen LogP contribution in [0.3, 0.4) is 0 Å². The minimum atomic E-state index is 0.708. The Kier molecular flexibility index (Phi) is 3.62. The van der Waals surface area contributed by atoms with E-state index in [9.17, 15) is 0 Å². The van der Waals surface area contributed by atoms with Crippen molar-refractivity contribution in [3.63, 3.8) is 0 Å². The van der Waals surface area contributed by atoms with Gasteiger partial charge in [-0.1, -0.05) is 23.8 Å². The van der Waals surface area contributed by atoms with Gasteiger partial charge in [0, 0.05) is 19.1 Å². The molecule has 0 amide bonds. The van der Waals surface area contributed by atoms with Gasteiger partial charge < -0.3 is 5.32 Å². The second-order valence-electron chi connectivity index (χ2n) is 4.99. The SMILES string of the molecule is Cc1ccc(C)c(CN(C)C2CCNC2)c1. The summed E-state index contributed by atoms with van der Waals surface area (Å²) in [6.07, 6.45) is 1.28. The molecule has 0 aliphatic carbocycles. The molecule has 2 heteroatoms. The predicted octanol–water partition coefficient (Wildman–Crippen LogP) is 2.10. The van der Waals surface area contributed by atoms with Crippen molar-refractivity contribution < 1.29 is 0 Å². The standard InChI is InChI=1S/C14H22N2/c1-11-4-5-12(2)13(8-11)10-16(3)14-6-7-15-9-14/h4-5,8,14-15H,6-7,9-10H2,1-3H3. The van der Waals surface area contributed by atoms with Crippen LogP contribution in [0.1, 0.15) is 23.1 Å². The first-order valence-electron chi connectivity index (χ1n) is 6.14. The van der Waals surface area contributed by atoms with E-state index >= 15 is 0 Å². The summed E-state index contributed by atoms with van der Waals surface area (Å²) in [4.78, 5) is 2.47. The van der Waals surface area contributed by atoms with E-state index in [2.05, 4.69) is 49.3 Å². The van der Waals surface area contributed by atoms with E-state index in [0.717, 1.165) is 13.1 Å². The van der Waals surface area contributed by atoms with Crippen molar-refractivity contribution in [1.82, 2.24) is 10.2 Å². The molecular formula is C14H22N2. The second-order valence-corrected chi connectivity index (χ2v) is 4.99. The van der Waals surface area contributed by atoms with E-state index in [0.29, 0.717) is 6.04 Å². The van der Waals surface area contributed by atoms with Crippen LogP contribution in [-0.2, 0) is 6.54 Å². The largest absolute Gasteiger partial charge is 0.315 e. The smallest absolute Gasteiger partial charge is 0.0236 e. The Balaban J connectivity index is 2.04. The van der Waals surface area contributed by atoms with Gasteiger partial charge in [-0.05, 0) is 45.0 Å². The highest BCUT2D eigenvalue weighted by atomic mass is 15.2. The summed E-state index contributed by atoms with van der Waals surface area (Å²) in [6, 6.07) is 7.44. The highest BCUT2D eigenvalue weighted by Gasteiger charge is 2.19. The molecule has 2 nitrogen and oxygen atoms in total. The molecule has 1 N–H and O–H groups in total. The molecular weight excluding hydrogens is 196 g/mol. The second kappa shape index (κ2) is 4.98. The molecule has 0 bridgehead atoms. The first-order valence-corrected chi connectivity index (χ1v) is 6.14. The average Bonchev–Trinajstić information content (AvgIpc) is 2.76. The van der Waals surface area contributed by atoms with Gasteiger partial charge in [0.25, 0.3) is 0 Å². The van der Waals surface area contributed by atoms with Crippen LogP contribution in [0.15, 0.2) is 18.2 Å². The molecule has 1 aromatic carbocycles. The molecule has 1 atom stereocenters. The number of likely N-dealkylation sites (N-methyl/N-ethyl adjacent to an activating group) is 1.